The van der Waals surface area contributed by atoms with Crippen LogP contribution in [0.3, 0.4) is 0 Å². The van der Waals surface area contributed by atoms with E-state index in [1.807, 2.05) is 0 Å². The third-order valence-corrected chi connectivity index (χ3v) is 4.67. The largest absolute Gasteiger partial charge is 0.437 e. The number of benzene rings is 2. The van der Waals surface area contributed by atoms with Crippen molar-refractivity contribution in [3.8, 4) is 0 Å². The minimum atomic E-state index is -5.39. The fourth-order valence-electron chi connectivity index (χ4n) is 3.22. The molecule has 3 rings (SSSR count). The SMILES string of the molecule is Cc1ccc(C(=O)[C@@H]2[C@H](c3ccccc3F)NC(=O)N[C@@]2(O)C(F)(F)F)cc1. The molecule has 1 saturated heterocycles. The average molecular weight is 396 g/mol. The number of rotatable bonds is 3. The number of hydrogen-bond acceptors (Lipinski definition) is 3. The van der Waals surface area contributed by atoms with E-state index in [1.54, 1.807) is 6.92 Å². The molecule has 5 nitrogen and oxygen atoms in total. The second-order valence-electron chi connectivity index (χ2n) is 6.57. The summed E-state index contributed by atoms with van der Waals surface area (Å²) in [7, 11) is 0. The molecule has 1 aliphatic rings. The summed E-state index contributed by atoms with van der Waals surface area (Å²) in [5, 5.41) is 13.9. The van der Waals surface area contributed by atoms with Gasteiger partial charge in [-0.25, -0.2) is 9.18 Å². The van der Waals surface area contributed by atoms with E-state index >= 15 is 0 Å². The molecule has 0 saturated carbocycles. The van der Waals surface area contributed by atoms with Crippen molar-refractivity contribution in [2.75, 3.05) is 0 Å². The molecular formula is C19H16F4N2O3. The summed E-state index contributed by atoms with van der Waals surface area (Å²) in [6.45, 7) is 1.73. The van der Waals surface area contributed by atoms with Crippen LogP contribution in [0.1, 0.15) is 27.5 Å². The number of halogens is 4. The first kappa shape index (κ1) is 19.8. The van der Waals surface area contributed by atoms with Gasteiger partial charge in [0.15, 0.2) is 5.78 Å². The van der Waals surface area contributed by atoms with Gasteiger partial charge in [-0.1, -0.05) is 48.0 Å². The summed E-state index contributed by atoms with van der Waals surface area (Å²) in [4.78, 5) is 24.9. The van der Waals surface area contributed by atoms with E-state index < -0.39 is 41.5 Å². The predicted molar refractivity (Wildman–Crippen MR) is 90.8 cm³/mol. The molecule has 1 aliphatic heterocycles. The zero-order valence-corrected chi connectivity index (χ0v) is 14.5. The lowest BCUT2D eigenvalue weighted by molar-refractivity contribution is -0.287. The molecule has 2 amide bonds. The van der Waals surface area contributed by atoms with Gasteiger partial charge in [0.05, 0.1) is 6.04 Å². The van der Waals surface area contributed by atoms with Crippen LogP contribution in [0.2, 0.25) is 0 Å². The van der Waals surface area contributed by atoms with Crippen molar-refractivity contribution in [3.63, 3.8) is 0 Å². The Balaban J connectivity index is 2.18. The molecule has 1 fully saturated rings. The van der Waals surface area contributed by atoms with Gasteiger partial charge in [-0.3, -0.25) is 4.79 Å². The van der Waals surface area contributed by atoms with Crippen LogP contribution in [-0.4, -0.2) is 28.8 Å². The smallest absolute Gasteiger partial charge is 0.363 e. The molecule has 148 valence electrons. The van der Waals surface area contributed by atoms with Gasteiger partial charge in [-0.15, -0.1) is 0 Å². The van der Waals surface area contributed by atoms with Crippen molar-refractivity contribution in [2.24, 2.45) is 5.92 Å². The molecule has 1 heterocycles. The zero-order chi connectivity index (χ0) is 20.7. The first-order chi connectivity index (χ1) is 13.0. The van der Waals surface area contributed by atoms with Crippen molar-refractivity contribution in [1.29, 1.82) is 0 Å². The fraction of sp³-hybridized carbons (Fsp3) is 0.263. The Morgan fingerprint density at radius 3 is 2.29 bits per heavy atom. The molecule has 2 aromatic rings. The number of alkyl halides is 3. The number of carbonyl (C=O) groups is 2. The maximum Gasteiger partial charge on any atom is 0.437 e. The van der Waals surface area contributed by atoms with Gasteiger partial charge < -0.3 is 15.7 Å². The maximum atomic E-state index is 14.3. The van der Waals surface area contributed by atoms with Crippen LogP contribution in [-0.2, 0) is 0 Å². The number of urea groups is 1. The van der Waals surface area contributed by atoms with E-state index in [2.05, 4.69) is 5.32 Å². The second-order valence-corrected chi connectivity index (χ2v) is 6.57. The highest BCUT2D eigenvalue weighted by Crippen LogP contribution is 2.44. The van der Waals surface area contributed by atoms with E-state index in [4.69, 9.17) is 0 Å². The van der Waals surface area contributed by atoms with E-state index in [-0.39, 0.29) is 11.1 Å². The van der Waals surface area contributed by atoms with Crippen molar-refractivity contribution in [3.05, 3.63) is 71.0 Å². The minimum absolute atomic E-state index is 0.113. The highest BCUT2D eigenvalue weighted by atomic mass is 19.4. The minimum Gasteiger partial charge on any atom is -0.363 e. The average Bonchev–Trinajstić information content (AvgIpc) is 2.60. The van der Waals surface area contributed by atoms with Gasteiger partial charge in [-0.05, 0) is 13.0 Å². The Morgan fingerprint density at radius 2 is 1.71 bits per heavy atom. The number of Topliss-reactive ketones (excluding diaryl/α,β-unsaturated/α-hetero) is 1. The van der Waals surface area contributed by atoms with E-state index in [0.717, 1.165) is 17.7 Å². The van der Waals surface area contributed by atoms with Gasteiger partial charge >= 0.3 is 12.2 Å². The first-order valence-electron chi connectivity index (χ1n) is 8.27. The Labute approximate surface area is 157 Å². The highest BCUT2D eigenvalue weighted by Gasteiger charge is 2.66. The molecule has 28 heavy (non-hydrogen) atoms. The van der Waals surface area contributed by atoms with E-state index in [1.165, 1.54) is 41.7 Å². The lowest BCUT2D eigenvalue weighted by Crippen LogP contribution is -2.72. The van der Waals surface area contributed by atoms with Crippen molar-refractivity contribution in [1.82, 2.24) is 10.6 Å². The van der Waals surface area contributed by atoms with Crippen LogP contribution in [0.15, 0.2) is 48.5 Å². The number of nitrogens with one attached hydrogen (secondary N) is 2. The monoisotopic (exact) mass is 396 g/mol. The predicted octanol–water partition coefficient (Wildman–Crippen LogP) is 3.24. The van der Waals surface area contributed by atoms with Gasteiger partial charge in [0.1, 0.15) is 11.7 Å². The molecule has 0 radical (unpaired) electrons. The molecule has 3 N–H and O–H groups in total. The van der Waals surface area contributed by atoms with Gasteiger partial charge in [-0.2, -0.15) is 13.2 Å². The van der Waals surface area contributed by atoms with Crippen molar-refractivity contribution >= 4 is 11.8 Å². The lowest BCUT2D eigenvalue weighted by atomic mass is 9.77. The van der Waals surface area contributed by atoms with Crippen LogP contribution in [0.4, 0.5) is 22.4 Å². The third kappa shape index (κ3) is 3.33. The fourth-order valence-corrected chi connectivity index (χ4v) is 3.22. The van der Waals surface area contributed by atoms with Crippen LogP contribution < -0.4 is 10.6 Å². The Kier molecular flexibility index (Phi) is 4.88. The molecule has 0 aliphatic carbocycles. The summed E-state index contributed by atoms with van der Waals surface area (Å²) < 4.78 is 55.5. The number of aliphatic hydroxyl groups is 1. The number of carbonyl (C=O) groups excluding carboxylic acids is 2. The highest BCUT2D eigenvalue weighted by molar-refractivity contribution is 6.00. The number of ketones is 1. The van der Waals surface area contributed by atoms with E-state index in [9.17, 15) is 32.3 Å². The van der Waals surface area contributed by atoms with Crippen LogP contribution in [0.5, 0.6) is 0 Å². The van der Waals surface area contributed by atoms with Gasteiger partial charge in [0.25, 0.3) is 0 Å². The second kappa shape index (κ2) is 6.90. The summed E-state index contributed by atoms with van der Waals surface area (Å²) >= 11 is 0. The molecule has 0 aromatic heterocycles. The topological polar surface area (TPSA) is 78.4 Å². The molecule has 9 heteroatoms. The Hall–Kier alpha value is -2.94. The van der Waals surface area contributed by atoms with E-state index in [0.29, 0.717) is 0 Å². The summed E-state index contributed by atoms with van der Waals surface area (Å²) in [6, 6.07) is 7.35. The van der Waals surface area contributed by atoms with Crippen LogP contribution in [0, 0.1) is 18.7 Å². The summed E-state index contributed by atoms with van der Waals surface area (Å²) in [6.07, 6.45) is -5.39. The molecule has 0 bridgehead atoms. The molecule has 0 unspecified atom stereocenters. The summed E-state index contributed by atoms with van der Waals surface area (Å²) in [5.74, 6) is -4.27. The molecule has 3 atom stereocenters. The third-order valence-electron chi connectivity index (χ3n) is 4.67. The van der Waals surface area contributed by atoms with Gasteiger partial charge in [0.2, 0.25) is 5.72 Å². The van der Waals surface area contributed by atoms with Crippen LogP contribution in [0.25, 0.3) is 0 Å². The number of aryl methyl sites for hydroxylation is 1. The molecule has 2 aromatic carbocycles. The van der Waals surface area contributed by atoms with Crippen LogP contribution >= 0.6 is 0 Å². The quantitative estimate of drug-likeness (QED) is 0.551. The first-order valence-corrected chi connectivity index (χ1v) is 8.27. The number of hydrogen-bond donors (Lipinski definition) is 3. The summed E-state index contributed by atoms with van der Waals surface area (Å²) in [5.41, 5.74) is -3.57. The normalized spacial score (nSPS) is 25.0. The van der Waals surface area contributed by atoms with Gasteiger partial charge in [0, 0.05) is 11.1 Å². The zero-order valence-electron chi connectivity index (χ0n) is 14.5. The van der Waals surface area contributed by atoms with Crippen molar-refractivity contribution in [2.45, 2.75) is 24.9 Å². The van der Waals surface area contributed by atoms with Crippen molar-refractivity contribution < 1.29 is 32.3 Å². The standard InChI is InChI=1S/C19H16F4N2O3/c1-10-6-8-11(9-7-10)16(26)14-15(12-4-2-3-5-13(12)20)24-17(27)25-18(14,28)19(21,22)23/h2-9,14-15,28H,1H3,(H2,24,25,27)/t14-,15-,18-/m0/s1. The maximum absolute atomic E-state index is 14.3. The molecular weight excluding hydrogens is 380 g/mol. The number of amides is 2. The lowest BCUT2D eigenvalue weighted by Gasteiger charge is -2.45. The molecule has 0 spiro atoms. The Morgan fingerprint density at radius 1 is 1.11 bits per heavy atom. The Bertz CT molecular complexity index is 914.